The predicted molar refractivity (Wildman–Crippen MR) is 101 cm³/mol. The highest BCUT2D eigenvalue weighted by Gasteiger charge is 2.14. The van der Waals surface area contributed by atoms with Gasteiger partial charge in [0.2, 0.25) is 6.79 Å². The van der Waals surface area contributed by atoms with Crippen molar-refractivity contribution >= 4 is 32.9 Å². The fourth-order valence-electron chi connectivity index (χ4n) is 2.91. The molecule has 3 aromatic carbocycles. The summed E-state index contributed by atoms with van der Waals surface area (Å²) in [6.45, 7) is 0.280. The van der Waals surface area contributed by atoms with Gasteiger partial charge in [-0.3, -0.25) is 0 Å². The van der Waals surface area contributed by atoms with E-state index in [1.165, 1.54) is 10.8 Å². The molecule has 0 radical (unpaired) electrons. The van der Waals surface area contributed by atoms with Crippen LogP contribution in [0.4, 0.5) is 10.8 Å². The van der Waals surface area contributed by atoms with Crippen molar-refractivity contribution in [2.75, 3.05) is 12.1 Å². The zero-order valence-electron chi connectivity index (χ0n) is 13.2. The van der Waals surface area contributed by atoms with Crippen LogP contribution in [-0.4, -0.2) is 11.8 Å². The molecule has 25 heavy (non-hydrogen) atoms. The molecule has 0 fully saturated rings. The number of hydrogen-bond donors (Lipinski definition) is 1. The summed E-state index contributed by atoms with van der Waals surface area (Å²) in [4.78, 5) is 4.71. The second kappa shape index (κ2) is 5.79. The van der Waals surface area contributed by atoms with E-state index in [-0.39, 0.29) is 6.79 Å². The molecule has 4 aromatic rings. The third kappa shape index (κ3) is 2.68. The Morgan fingerprint density at radius 2 is 1.76 bits per heavy atom. The molecule has 122 valence electrons. The van der Waals surface area contributed by atoms with Gasteiger partial charge in [0.1, 0.15) is 0 Å². The van der Waals surface area contributed by atoms with Crippen molar-refractivity contribution in [3.8, 4) is 22.8 Å². The van der Waals surface area contributed by atoms with Gasteiger partial charge < -0.3 is 14.8 Å². The van der Waals surface area contributed by atoms with Crippen LogP contribution in [0.25, 0.3) is 22.0 Å². The van der Waals surface area contributed by atoms with Crippen LogP contribution in [0.2, 0.25) is 0 Å². The van der Waals surface area contributed by atoms with E-state index in [1.807, 2.05) is 18.2 Å². The van der Waals surface area contributed by atoms with E-state index in [0.717, 1.165) is 33.6 Å². The molecular weight excluding hydrogens is 332 g/mol. The fourth-order valence-corrected chi connectivity index (χ4v) is 3.65. The molecule has 0 saturated heterocycles. The number of fused-ring (bicyclic) bond motifs is 2. The normalized spacial score (nSPS) is 12.5. The summed E-state index contributed by atoms with van der Waals surface area (Å²) < 4.78 is 10.8. The Labute approximate surface area is 148 Å². The summed E-state index contributed by atoms with van der Waals surface area (Å²) in [5.41, 5.74) is 3.02. The van der Waals surface area contributed by atoms with Crippen molar-refractivity contribution < 1.29 is 9.47 Å². The summed E-state index contributed by atoms with van der Waals surface area (Å²) in [6, 6.07) is 20.6. The number of rotatable bonds is 3. The number of ether oxygens (including phenoxy) is 2. The van der Waals surface area contributed by atoms with Gasteiger partial charge in [-0.15, -0.1) is 11.3 Å². The van der Waals surface area contributed by atoms with E-state index in [9.17, 15) is 0 Å². The summed E-state index contributed by atoms with van der Waals surface area (Å²) in [7, 11) is 0. The minimum Gasteiger partial charge on any atom is -0.454 e. The minimum absolute atomic E-state index is 0.280. The van der Waals surface area contributed by atoms with E-state index >= 15 is 0 Å². The van der Waals surface area contributed by atoms with E-state index < -0.39 is 0 Å². The van der Waals surface area contributed by atoms with Crippen molar-refractivity contribution in [1.82, 2.24) is 4.98 Å². The maximum absolute atomic E-state index is 5.41. The standard InChI is InChI=1S/C20H14N2O2S/c1-2-4-14-9-15(6-5-13(14)3-1)17-11-25-20(22-17)21-16-7-8-18-19(10-16)24-12-23-18/h1-11H,12H2,(H,21,22). The summed E-state index contributed by atoms with van der Waals surface area (Å²) in [5, 5.41) is 8.71. The molecule has 2 heterocycles. The number of thiazole rings is 1. The lowest BCUT2D eigenvalue weighted by Gasteiger charge is -2.04. The molecule has 0 amide bonds. The molecule has 0 unspecified atom stereocenters. The van der Waals surface area contributed by atoms with Crippen LogP contribution in [-0.2, 0) is 0 Å². The van der Waals surface area contributed by atoms with Gasteiger partial charge in [-0.1, -0.05) is 36.4 Å². The summed E-state index contributed by atoms with van der Waals surface area (Å²) in [5.74, 6) is 1.54. The van der Waals surface area contributed by atoms with Crippen molar-refractivity contribution in [2.24, 2.45) is 0 Å². The number of aromatic nitrogens is 1. The average molecular weight is 346 g/mol. The van der Waals surface area contributed by atoms with Gasteiger partial charge in [0.15, 0.2) is 16.6 Å². The molecule has 5 heteroatoms. The van der Waals surface area contributed by atoms with Crippen LogP contribution in [0, 0.1) is 0 Å². The van der Waals surface area contributed by atoms with Gasteiger partial charge in [0.25, 0.3) is 0 Å². The number of benzene rings is 3. The smallest absolute Gasteiger partial charge is 0.231 e. The lowest BCUT2D eigenvalue weighted by atomic mass is 10.1. The van der Waals surface area contributed by atoms with E-state index in [0.29, 0.717) is 0 Å². The Morgan fingerprint density at radius 1 is 0.880 bits per heavy atom. The van der Waals surface area contributed by atoms with Gasteiger partial charge >= 0.3 is 0 Å². The molecule has 1 aromatic heterocycles. The SMILES string of the molecule is c1ccc2cc(-c3csc(Nc4ccc5c(c4)OCO5)n3)ccc2c1. The summed E-state index contributed by atoms with van der Waals surface area (Å²) >= 11 is 1.58. The first kappa shape index (κ1) is 14.3. The van der Waals surface area contributed by atoms with Crippen molar-refractivity contribution in [3.63, 3.8) is 0 Å². The van der Waals surface area contributed by atoms with Crippen LogP contribution in [0.1, 0.15) is 0 Å². The fraction of sp³-hybridized carbons (Fsp3) is 0.0500. The van der Waals surface area contributed by atoms with E-state index in [1.54, 1.807) is 11.3 Å². The molecule has 1 aliphatic heterocycles. The first-order valence-electron chi connectivity index (χ1n) is 7.96. The summed E-state index contributed by atoms with van der Waals surface area (Å²) in [6.07, 6.45) is 0. The maximum Gasteiger partial charge on any atom is 0.231 e. The van der Waals surface area contributed by atoms with Gasteiger partial charge in [-0.25, -0.2) is 4.98 Å². The van der Waals surface area contributed by atoms with Gasteiger partial charge in [0, 0.05) is 22.7 Å². The molecule has 0 spiro atoms. The highest BCUT2D eigenvalue weighted by atomic mass is 32.1. The highest BCUT2D eigenvalue weighted by Crippen LogP contribution is 2.36. The van der Waals surface area contributed by atoms with Crippen LogP contribution < -0.4 is 14.8 Å². The third-order valence-electron chi connectivity index (χ3n) is 4.17. The van der Waals surface area contributed by atoms with E-state index in [4.69, 9.17) is 14.5 Å². The predicted octanol–water partition coefficient (Wildman–Crippen LogP) is 5.44. The van der Waals surface area contributed by atoms with Crippen molar-refractivity contribution in [1.29, 1.82) is 0 Å². The quantitative estimate of drug-likeness (QED) is 0.537. The Hall–Kier alpha value is -3.05. The average Bonchev–Trinajstić information content (AvgIpc) is 3.30. The van der Waals surface area contributed by atoms with Crippen LogP contribution in [0.15, 0.2) is 66.0 Å². The van der Waals surface area contributed by atoms with Crippen LogP contribution >= 0.6 is 11.3 Å². The molecule has 1 aliphatic rings. The zero-order valence-corrected chi connectivity index (χ0v) is 14.0. The Balaban J connectivity index is 1.42. The highest BCUT2D eigenvalue weighted by molar-refractivity contribution is 7.14. The van der Waals surface area contributed by atoms with Crippen LogP contribution in [0.5, 0.6) is 11.5 Å². The number of nitrogens with one attached hydrogen (secondary N) is 1. The molecule has 0 bridgehead atoms. The lowest BCUT2D eigenvalue weighted by Crippen LogP contribution is -1.93. The molecular formula is C20H14N2O2S. The van der Waals surface area contributed by atoms with Gasteiger partial charge in [0.05, 0.1) is 5.69 Å². The van der Waals surface area contributed by atoms with Crippen LogP contribution in [0.3, 0.4) is 0 Å². The van der Waals surface area contributed by atoms with Gasteiger partial charge in [-0.2, -0.15) is 0 Å². The lowest BCUT2D eigenvalue weighted by molar-refractivity contribution is 0.174. The number of hydrogen-bond acceptors (Lipinski definition) is 5. The minimum atomic E-state index is 0.280. The molecule has 0 saturated carbocycles. The molecule has 0 aliphatic carbocycles. The third-order valence-corrected chi connectivity index (χ3v) is 4.93. The maximum atomic E-state index is 5.41. The first-order chi connectivity index (χ1) is 12.3. The molecule has 4 nitrogen and oxygen atoms in total. The van der Waals surface area contributed by atoms with E-state index in [2.05, 4.69) is 53.2 Å². The second-order valence-electron chi connectivity index (χ2n) is 5.79. The number of nitrogens with zero attached hydrogens (tertiary/aromatic N) is 1. The zero-order chi connectivity index (χ0) is 16.6. The Bertz CT molecular complexity index is 1070. The monoisotopic (exact) mass is 346 g/mol. The largest absolute Gasteiger partial charge is 0.454 e. The van der Waals surface area contributed by atoms with Crippen molar-refractivity contribution in [2.45, 2.75) is 0 Å². The van der Waals surface area contributed by atoms with Crippen molar-refractivity contribution in [3.05, 3.63) is 66.0 Å². The topological polar surface area (TPSA) is 43.4 Å². The van der Waals surface area contributed by atoms with Gasteiger partial charge in [-0.05, 0) is 29.0 Å². The first-order valence-corrected chi connectivity index (χ1v) is 8.84. The second-order valence-corrected chi connectivity index (χ2v) is 6.65. The molecule has 5 rings (SSSR count). The molecule has 1 N–H and O–H groups in total. The molecule has 0 atom stereocenters. The Morgan fingerprint density at radius 3 is 2.72 bits per heavy atom. The Kier molecular flexibility index (Phi) is 3.31. The number of anilines is 2.